The minimum absolute atomic E-state index is 0.230. The van der Waals surface area contributed by atoms with E-state index in [4.69, 9.17) is 4.74 Å². The van der Waals surface area contributed by atoms with E-state index in [9.17, 15) is 4.79 Å². The van der Waals surface area contributed by atoms with Gasteiger partial charge < -0.3 is 10.1 Å². The molecule has 2 atom stereocenters. The average Bonchev–Trinajstić information content (AvgIpc) is 2.33. The molecule has 2 rings (SSSR count). The number of carbonyl (C=O) groups excluding carboxylic acids is 1. The summed E-state index contributed by atoms with van der Waals surface area (Å²) < 4.78 is 5.06. The molecule has 0 bridgehead atoms. The van der Waals surface area contributed by atoms with Crippen LogP contribution in [0.15, 0.2) is 0 Å². The van der Waals surface area contributed by atoms with E-state index in [0.717, 1.165) is 13.0 Å². The number of carbonyl (C=O) groups is 1. The number of rotatable bonds is 0. The summed E-state index contributed by atoms with van der Waals surface area (Å²) in [5.41, 5.74) is 0. The second-order valence-electron chi connectivity index (χ2n) is 3.02. The second-order valence-corrected chi connectivity index (χ2v) is 3.02. The molecule has 2 fully saturated rings. The molecule has 3 nitrogen and oxygen atoms in total. The van der Waals surface area contributed by atoms with Gasteiger partial charge in [-0.3, -0.25) is 0 Å². The van der Waals surface area contributed by atoms with Crippen molar-refractivity contribution in [3.63, 3.8) is 0 Å². The van der Waals surface area contributed by atoms with Gasteiger partial charge in [-0.2, -0.15) is 0 Å². The van der Waals surface area contributed by atoms with Gasteiger partial charge in [0.25, 0.3) is 0 Å². The summed E-state index contributed by atoms with van der Waals surface area (Å²) in [5.74, 6) is 0.595. The van der Waals surface area contributed by atoms with Crippen molar-refractivity contribution in [3.8, 4) is 0 Å². The van der Waals surface area contributed by atoms with Crippen molar-refractivity contribution in [2.45, 2.75) is 25.4 Å². The molecular weight excluding hydrogens is 130 g/mol. The zero-order chi connectivity index (χ0) is 6.97. The van der Waals surface area contributed by atoms with Crippen LogP contribution in [-0.2, 0) is 4.74 Å². The SMILES string of the molecule is O=C1NCC2CCCC2O1. The quantitative estimate of drug-likeness (QED) is 0.544. The molecular formula is C7H11NO2. The third kappa shape index (κ3) is 0.856. The van der Waals surface area contributed by atoms with Crippen LogP contribution in [0.5, 0.6) is 0 Å². The van der Waals surface area contributed by atoms with Crippen LogP contribution in [0, 0.1) is 5.92 Å². The Morgan fingerprint density at radius 3 is 3.30 bits per heavy atom. The van der Waals surface area contributed by atoms with Gasteiger partial charge in [-0.25, -0.2) is 4.79 Å². The largest absolute Gasteiger partial charge is 0.446 e. The lowest BCUT2D eigenvalue weighted by atomic mass is 10.1. The van der Waals surface area contributed by atoms with E-state index in [-0.39, 0.29) is 12.2 Å². The molecule has 0 aromatic rings. The van der Waals surface area contributed by atoms with E-state index < -0.39 is 0 Å². The zero-order valence-electron chi connectivity index (χ0n) is 5.80. The first-order chi connectivity index (χ1) is 4.86. The molecule has 3 heteroatoms. The molecule has 0 spiro atoms. The highest BCUT2D eigenvalue weighted by Crippen LogP contribution is 2.29. The number of hydrogen-bond donors (Lipinski definition) is 1. The first-order valence-corrected chi connectivity index (χ1v) is 3.81. The van der Waals surface area contributed by atoms with Crippen LogP contribution in [0.25, 0.3) is 0 Å². The molecule has 2 unspecified atom stereocenters. The fraction of sp³-hybridized carbons (Fsp3) is 0.857. The first kappa shape index (κ1) is 6.01. The Hall–Kier alpha value is -0.730. The van der Waals surface area contributed by atoms with Crippen LogP contribution >= 0.6 is 0 Å². The fourth-order valence-electron chi connectivity index (χ4n) is 1.79. The normalized spacial score (nSPS) is 38.2. The molecule has 1 N–H and O–H groups in total. The molecule has 0 radical (unpaired) electrons. The summed E-state index contributed by atoms with van der Waals surface area (Å²) in [6.07, 6.45) is 3.49. The van der Waals surface area contributed by atoms with Gasteiger partial charge in [0.2, 0.25) is 0 Å². The average molecular weight is 141 g/mol. The Morgan fingerprint density at radius 1 is 1.50 bits per heavy atom. The maximum absolute atomic E-state index is 10.7. The summed E-state index contributed by atoms with van der Waals surface area (Å²) in [6.45, 7) is 0.823. The topological polar surface area (TPSA) is 38.3 Å². The molecule has 10 heavy (non-hydrogen) atoms. The van der Waals surface area contributed by atoms with E-state index in [1.54, 1.807) is 0 Å². The highest BCUT2D eigenvalue weighted by molar-refractivity contribution is 5.68. The Bertz CT molecular complexity index is 158. The van der Waals surface area contributed by atoms with Gasteiger partial charge in [0.05, 0.1) is 0 Å². The number of alkyl carbamates (subject to hydrolysis) is 1. The Kier molecular flexibility index (Phi) is 1.29. The van der Waals surface area contributed by atoms with Crippen LogP contribution in [0.4, 0.5) is 4.79 Å². The Balaban J connectivity index is 2.03. The molecule has 56 valence electrons. The predicted octanol–water partition coefficient (Wildman–Crippen LogP) is 0.895. The standard InChI is InChI=1S/C7H11NO2/c9-7-8-4-5-2-1-3-6(5)10-7/h5-6H,1-4H2,(H,8,9). The summed E-state index contributed by atoms with van der Waals surface area (Å²) >= 11 is 0. The summed E-state index contributed by atoms with van der Waals surface area (Å²) in [4.78, 5) is 10.7. The van der Waals surface area contributed by atoms with Crippen molar-refractivity contribution in [1.29, 1.82) is 0 Å². The van der Waals surface area contributed by atoms with Crippen LogP contribution < -0.4 is 5.32 Å². The van der Waals surface area contributed by atoms with E-state index in [1.807, 2.05) is 0 Å². The molecule has 1 heterocycles. The Labute approximate surface area is 59.7 Å². The van der Waals surface area contributed by atoms with Crippen LogP contribution in [0.3, 0.4) is 0 Å². The Morgan fingerprint density at radius 2 is 2.40 bits per heavy atom. The smallest absolute Gasteiger partial charge is 0.407 e. The van der Waals surface area contributed by atoms with Crippen molar-refractivity contribution in [1.82, 2.24) is 5.32 Å². The highest BCUT2D eigenvalue weighted by atomic mass is 16.6. The minimum atomic E-state index is -0.233. The van der Waals surface area contributed by atoms with Crippen LogP contribution in [0.1, 0.15) is 19.3 Å². The van der Waals surface area contributed by atoms with Gasteiger partial charge in [0.15, 0.2) is 0 Å². The number of fused-ring (bicyclic) bond motifs is 1. The predicted molar refractivity (Wildman–Crippen MR) is 35.6 cm³/mol. The lowest BCUT2D eigenvalue weighted by Gasteiger charge is -2.25. The molecule has 1 saturated heterocycles. The summed E-state index contributed by atoms with van der Waals surface area (Å²) in [5, 5.41) is 2.69. The van der Waals surface area contributed by atoms with E-state index in [1.165, 1.54) is 12.8 Å². The van der Waals surface area contributed by atoms with Gasteiger partial charge in [0, 0.05) is 12.5 Å². The van der Waals surface area contributed by atoms with Crippen LogP contribution in [-0.4, -0.2) is 18.7 Å². The van der Waals surface area contributed by atoms with Gasteiger partial charge in [-0.05, 0) is 19.3 Å². The molecule has 1 amide bonds. The van der Waals surface area contributed by atoms with Crippen LogP contribution in [0.2, 0.25) is 0 Å². The maximum Gasteiger partial charge on any atom is 0.407 e. The third-order valence-corrected chi connectivity index (χ3v) is 2.36. The molecule has 1 aliphatic heterocycles. The monoisotopic (exact) mass is 141 g/mol. The van der Waals surface area contributed by atoms with Crippen molar-refractivity contribution < 1.29 is 9.53 Å². The second kappa shape index (κ2) is 2.15. The van der Waals surface area contributed by atoms with Gasteiger partial charge in [-0.1, -0.05) is 0 Å². The number of nitrogens with one attached hydrogen (secondary N) is 1. The third-order valence-electron chi connectivity index (χ3n) is 2.36. The van der Waals surface area contributed by atoms with Gasteiger partial charge in [0.1, 0.15) is 6.10 Å². The fourth-order valence-corrected chi connectivity index (χ4v) is 1.79. The molecule has 0 aromatic carbocycles. The van der Waals surface area contributed by atoms with Crippen molar-refractivity contribution in [3.05, 3.63) is 0 Å². The number of amides is 1. The number of ether oxygens (including phenoxy) is 1. The first-order valence-electron chi connectivity index (χ1n) is 3.81. The van der Waals surface area contributed by atoms with Crippen molar-refractivity contribution >= 4 is 6.09 Å². The van der Waals surface area contributed by atoms with Crippen molar-refractivity contribution in [2.75, 3.05) is 6.54 Å². The van der Waals surface area contributed by atoms with Crippen molar-refractivity contribution in [2.24, 2.45) is 5.92 Å². The summed E-state index contributed by atoms with van der Waals surface area (Å²) in [7, 11) is 0. The maximum atomic E-state index is 10.7. The highest BCUT2D eigenvalue weighted by Gasteiger charge is 2.33. The molecule has 1 aliphatic carbocycles. The molecule has 0 aromatic heterocycles. The molecule has 1 saturated carbocycles. The van der Waals surface area contributed by atoms with Gasteiger partial charge in [-0.15, -0.1) is 0 Å². The summed E-state index contributed by atoms with van der Waals surface area (Å²) in [6, 6.07) is 0. The zero-order valence-corrected chi connectivity index (χ0v) is 5.80. The van der Waals surface area contributed by atoms with E-state index in [2.05, 4.69) is 5.32 Å². The van der Waals surface area contributed by atoms with E-state index in [0.29, 0.717) is 5.92 Å². The van der Waals surface area contributed by atoms with E-state index >= 15 is 0 Å². The number of hydrogen-bond acceptors (Lipinski definition) is 2. The van der Waals surface area contributed by atoms with Gasteiger partial charge >= 0.3 is 6.09 Å². The minimum Gasteiger partial charge on any atom is -0.446 e. The molecule has 2 aliphatic rings. The lowest BCUT2D eigenvalue weighted by Crippen LogP contribution is -2.42. The lowest BCUT2D eigenvalue weighted by molar-refractivity contribution is 0.0526.